The van der Waals surface area contributed by atoms with Gasteiger partial charge in [-0.05, 0) is 44.9 Å². The van der Waals surface area contributed by atoms with Crippen molar-refractivity contribution in [2.24, 2.45) is 0 Å². The smallest absolute Gasteiger partial charge is 0.306 e. The molecule has 0 rings (SSSR count). The Balaban J connectivity index is 4.13. The summed E-state index contributed by atoms with van der Waals surface area (Å²) in [5, 5.41) is 11.7. The van der Waals surface area contributed by atoms with Crippen molar-refractivity contribution >= 4 is 17.9 Å². The second-order valence-corrected chi connectivity index (χ2v) is 20.5. The van der Waals surface area contributed by atoms with E-state index in [9.17, 15) is 19.5 Å². The minimum atomic E-state index is -1.12. The number of carboxylic acids is 1. The summed E-state index contributed by atoms with van der Waals surface area (Å²) in [6.07, 6.45) is 60.4. The van der Waals surface area contributed by atoms with E-state index in [1.54, 1.807) is 0 Å². The van der Waals surface area contributed by atoms with Crippen LogP contribution in [0.5, 0.6) is 0 Å². The minimum absolute atomic E-state index is 0.0451. The third kappa shape index (κ3) is 48.4. The highest BCUT2D eigenvalue weighted by molar-refractivity contribution is 5.70. The lowest BCUT2D eigenvalue weighted by atomic mass is 10.0. The Morgan fingerprint density at radius 3 is 1.24 bits per heavy atom. The molecule has 0 N–H and O–H groups in total. The summed E-state index contributed by atoms with van der Waals surface area (Å²) in [5.74, 6) is -1.71. The molecule has 0 aliphatic carbocycles. The molecule has 0 saturated heterocycles. The maximum Gasteiger partial charge on any atom is 0.306 e. The molecule has 0 amide bonds. The average molecular weight is 945 g/mol. The van der Waals surface area contributed by atoms with E-state index in [0.29, 0.717) is 12.8 Å². The molecule has 0 aromatic carbocycles. The molecule has 0 radical (unpaired) electrons. The lowest BCUT2D eigenvalue weighted by molar-refractivity contribution is -0.889. The van der Waals surface area contributed by atoms with Crippen LogP contribution in [0.15, 0.2) is 36.5 Å². The first-order chi connectivity index (χ1) is 32.6. The average Bonchev–Trinajstić information content (AvgIpc) is 3.29. The van der Waals surface area contributed by atoms with Gasteiger partial charge in [0, 0.05) is 19.3 Å². The van der Waals surface area contributed by atoms with Crippen LogP contribution in [0.25, 0.3) is 0 Å². The van der Waals surface area contributed by atoms with E-state index in [1.807, 2.05) is 21.1 Å². The number of likely N-dealkylation sites (N-methyl/N-ethyl adjacent to an activating group) is 1. The molecule has 67 heavy (non-hydrogen) atoms. The Labute approximate surface area is 414 Å². The number of quaternary nitrogens is 1. The predicted octanol–water partition coefficient (Wildman–Crippen LogP) is 15.6. The van der Waals surface area contributed by atoms with Crippen LogP contribution < -0.4 is 5.11 Å². The van der Waals surface area contributed by atoms with Crippen molar-refractivity contribution in [2.45, 2.75) is 283 Å². The SMILES string of the molecule is CC/C=C/C/C=C/C/C=C/CCCCCCCCCCCCCCCC(=O)OCC(COCCC(C(=O)[O-])[N+](C)(C)C)OC(=O)CCCCCCCCCCCCCCCCCCCCCC. The number of hydrogen-bond acceptors (Lipinski definition) is 7. The highest BCUT2D eigenvalue weighted by Gasteiger charge is 2.25. The van der Waals surface area contributed by atoms with Crippen molar-refractivity contribution < 1.29 is 38.2 Å². The number of nitrogens with zero attached hydrogens (tertiary/aromatic N) is 1. The molecule has 0 fully saturated rings. The molecule has 0 heterocycles. The summed E-state index contributed by atoms with van der Waals surface area (Å²) in [6, 6.07) is -0.724. The summed E-state index contributed by atoms with van der Waals surface area (Å²) in [6.45, 7) is 4.61. The molecule has 0 spiro atoms. The molecular formula is C59H109NO7. The van der Waals surface area contributed by atoms with Gasteiger partial charge < -0.3 is 28.6 Å². The van der Waals surface area contributed by atoms with Gasteiger partial charge in [-0.1, -0.05) is 243 Å². The third-order valence-corrected chi connectivity index (χ3v) is 13.0. The molecule has 8 nitrogen and oxygen atoms in total. The molecule has 2 unspecified atom stereocenters. The topological polar surface area (TPSA) is 102 Å². The first-order valence-electron chi connectivity index (χ1n) is 28.5. The van der Waals surface area contributed by atoms with Gasteiger partial charge >= 0.3 is 11.9 Å². The number of allylic oxidation sites excluding steroid dienone is 6. The van der Waals surface area contributed by atoms with Crippen molar-refractivity contribution in [1.29, 1.82) is 0 Å². The van der Waals surface area contributed by atoms with Crippen LogP contribution in [0.3, 0.4) is 0 Å². The fourth-order valence-corrected chi connectivity index (χ4v) is 8.68. The molecule has 0 aliphatic heterocycles. The van der Waals surface area contributed by atoms with E-state index < -0.39 is 18.1 Å². The van der Waals surface area contributed by atoms with Gasteiger partial charge in [0.2, 0.25) is 0 Å². The summed E-state index contributed by atoms with van der Waals surface area (Å²) < 4.78 is 17.3. The number of esters is 2. The molecule has 0 bridgehead atoms. The van der Waals surface area contributed by atoms with E-state index in [1.165, 1.54) is 180 Å². The fourth-order valence-electron chi connectivity index (χ4n) is 8.68. The van der Waals surface area contributed by atoms with E-state index in [-0.39, 0.29) is 42.7 Å². The standard InChI is InChI=1S/C59H109NO7/c1-6-8-10-12-14-16-18-20-22-24-26-28-29-30-32-33-35-37-39-41-43-45-47-49-57(61)66-54-55(53-65-52-51-56(59(63)64)60(3,4)5)67-58(62)50-48-46-44-42-40-38-36-34-31-27-25-23-21-19-17-15-13-11-9-7-2/h8,10,14,16,20,22,55-56H,6-7,9,11-13,15,17-19,21,23-54H2,1-5H3/b10-8+,16-14+,22-20+. The molecule has 0 aromatic rings. The van der Waals surface area contributed by atoms with Gasteiger partial charge in [0.15, 0.2) is 6.10 Å². The Morgan fingerprint density at radius 1 is 0.463 bits per heavy atom. The molecule has 392 valence electrons. The number of carbonyl (C=O) groups is 3. The van der Waals surface area contributed by atoms with Crippen molar-refractivity contribution in [3.05, 3.63) is 36.5 Å². The van der Waals surface area contributed by atoms with Gasteiger partial charge in [-0.2, -0.15) is 0 Å². The van der Waals surface area contributed by atoms with Gasteiger partial charge in [0.25, 0.3) is 0 Å². The lowest BCUT2D eigenvalue weighted by Gasteiger charge is -2.34. The highest BCUT2D eigenvalue weighted by Crippen LogP contribution is 2.17. The van der Waals surface area contributed by atoms with E-state index >= 15 is 0 Å². The van der Waals surface area contributed by atoms with E-state index in [4.69, 9.17) is 14.2 Å². The van der Waals surface area contributed by atoms with Crippen LogP contribution in [0, 0.1) is 0 Å². The van der Waals surface area contributed by atoms with Crippen molar-refractivity contribution in [2.75, 3.05) is 41.0 Å². The van der Waals surface area contributed by atoms with Crippen LogP contribution in [0.2, 0.25) is 0 Å². The first-order valence-corrected chi connectivity index (χ1v) is 28.5. The zero-order chi connectivity index (χ0) is 49.2. The highest BCUT2D eigenvalue weighted by atomic mass is 16.6. The van der Waals surface area contributed by atoms with Gasteiger partial charge in [-0.15, -0.1) is 0 Å². The minimum Gasteiger partial charge on any atom is -0.544 e. The zero-order valence-electron chi connectivity index (χ0n) is 44.8. The lowest BCUT2D eigenvalue weighted by Crippen LogP contribution is -2.55. The van der Waals surface area contributed by atoms with Crippen LogP contribution >= 0.6 is 0 Å². The molecule has 0 saturated carbocycles. The van der Waals surface area contributed by atoms with Crippen LogP contribution in [-0.2, 0) is 28.6 Å². The molecule has 2 atom stereocenters. The Hall–Kier alpha value is -2.45. The Kier molecular flexibility index (Phi) is 48.1. The number of hydrogen-bond donors (Lipinski definition) is 0. The molecule has 8 heteroatoms. The van der Waals surface area contributed by atoms with Gasteiger partial charge in [0.1, 0.15) is 12.6 Å². The molecule has 0 aliphatic rings. The van der Waals surface area contributed by atoms with E-state index in [2.05, 4.69) is 50.3 Å². The number of aliphatic carboxylic acids is 1. The van der Waals surface area contributed by atoms with Crippen LogP contribution in [0.4, 0.5) is 0 Å². The maximum absolute atomic E-state index is 12.8. The monoisotopic (exact) mass is 944 g/mol. The number of unbranched alkanes of at least 4 members (excludes halogenated alkanes) is 32. The van der Waals surface area contributed by atoms with Crippen molar-refractivity contribution in [1.82, 2.24) is 0 Å². The number of carboxylic acid groups (broad SMARTS) is 1. The third-order valence-electron chi connectivity index (χ3n) is 13.0. The van der Waals surface area contributed by atoms with Gasteiger partial charge in [-0.3, -0.25) is 9.59 Å². The summed E-state index contributed by atoms with van der Waals surface area (Å²) in [4.78, 5) is 37.2. The van der Waals surface area contributed by atoms with E-state index in [0.717, 1.165) is 57.8 Å². The second-order valence-electron chi connectivity index (χ2n) is 20.5. The number of rotatable bonds is 52. The Bertz CT molecular complexity index is 1190. The summed E-state index contributed by atoms with van der Waals surface area (Å²) in [5.41, 5.74) is 0. The quantitative estimate of drug-likeness (QED) is 0.0259. The van der Waals surface area contributed by atoms with Gasteiger partial charge in [0.05, 0.1) is 40.3 Å². The first kappa shape index (κ1) is 64.5. The maximum atomic E-state index is 12.8. The second kappa shape index (κ2) is 50.0. The normalized spacial score (nSPS) is 13.0. The van der Waals surface area contributed by atoms with Crippen LogP contribution in [0.1, 0.15) is 271 Å². The summed E-state index contributed by atoms with van der Waals surface area (Å²) >= 11 is 0. The fraction of sp³-hybridized carbons (Fsp3) is 0.847. The predicted molar refractivity (Wildman–Crippen MR) is 282 cm³/mol. The van der Waals surface area contributed by atoms with Crippen molar-refractivity contribution in [3.63, 3.8) is 0 Å². The Morgan fingerprint density at radius 2 is 0.836 bits per heavy atom. The number of carbonyl (C=O) groups excluding carboxylic acids is 3. The number of ether oxygens (including phenoxy) is 3. The van der Waals surface area contributed by atoms with Gasteiger partial charge in [-0.25, -0.2) is 0 Å². The van der Waals surface area contributed by atoms with Crippen LogP contribution in [-0.4, -0.2) is 75.5 Å². The zero-order valence-corrected chi connectivity index (χ0v) is 44.8. The van der Waals surface area contributed by atoms with Crippen molar-refractivity contribution in [3.8, 4) is 0 Å². The largest absolute Gasteiger partial charge is 0.544 e. The summed E-state index contributed by atoms with van der Waals surface area (Å²) in [7, 11) is 5.43. The molecule has 0 aromatic heterocycles. The molecular weight excluding hydrogens is 835 g/mol.